The first-order chi connectivity index (χ1) is 13.4. The molecule has 0 unspecified atom stereocenters. The molecule has 0 aliphatic heterocycles. The molecule has 0 spiro atoms. The zero-order valence-electron chi connectivity index (χ0n) is 15.8. The first-order valence-electron chi connectivity index (χ1n) is 8.93. The summed E-state index contributed by atoms with van der Waals surface area (Å²) in [7, 11) is -1.57. The van der Waals surface area contributed by atoms with E-state index in [9.17, 15) is 18.0 Å². The van der Waals surface area contributed by atoms with Crippen LogP contribution in [0.25, 0.3) is 0 Å². The van der Waals surface area contributed by atoms with Gasteiger partial charge in [0.05, 0.1) is 24.0 Å². The smallest absolute Gasteiger partial charge is 0.323 e. The number of carbonyl (C=O) groups excluding carboxylic acids is 2. The quantitative estimate of drug-likeness (QED) is 0.568. The Bertz CT molecular complexity index is 967. The van der Waals surface area contributed by atoms with Gasteiger partial charge in [-0.05, 0) is 42.5 Å². The molecule has 1 aromatic carbocycles. The van der Waals surface area contributed by atoms with Crippen LogP contribution in [0.2, 0.25) is 0 Å². The maximum Gasteiger partial charge on any atom is 0.323 e. The second kappa shape index (κ2) is 7.75. The number of hydrogen-bond donors (Lipinski definition) is 0. The number of carbonyl (C=O) groups is 2. The van der Waals surface area contributed by atoms with E-state index in [2.05, 4.69) is 0 Å². The van der Waals surface area contributed by atoms with E-state index in [1.54, 1.807) is 24.3 Å². The average Bonchev–Trinajstić information content (AvgIpc) is 2.97. The molecule has 6 nitrogen and oxygen atoms in total. The van der Waals surface area contributed by atoms with Gasteiger partial charge in [0.2, 0.25) is 9.84 Å². The zero-order chi connectivity index (χ0) is 20.4. The second-order valence-electron chi connectivity index (χ2n) is 6.78. The second-order valence-corrected chi connectivity index (χ2v) is 8.75. The van der Waals surface area contributed by atoms with E-state index in [0.29, 0.717) is 17.6 Å². The minimum atomic E-state index is -3.93. The third-order valence-electron chi connectivity index (χ3n) is 5.14. The summed E-state index contributed by atoms with van der Waals surface area (Å²) in [4.78, 5) is 25.5. The molecular weight excluding hydrogens is 380 g/mol. The van der Waals surface area contributed by atoms with E-state index < -0.39 is 27.2 Å². The average molecular weight is 402 g/mol. The minimum Gasteiger partial charge on any atom is -0.468 e. The molecule has 3 rings (SSSR count). The lowest BCUT2D eigenvalue weighted by atomic mass is 9.72. The molecule has 0 heterocycles. The first-order valence-corrected chi connectivity index (χ1v) is 10.4. The largest absolute Gasteiger partial charge is 0.468 e. The Hall–Kier alpha value is -2.67. The molecule has 148 valence electrons. The van der Waals surface area contributed by atoms with Crippen molar-refractivity contribution in [3.63, 3.8) is 0 Å². The highest BCUT2D eigenvalue weighted by molar-refractivity contribution is 7.95. The molecule has 0 atom stereocenters. The third kappa shape index (κ3) is 3.30. The molecule has 0 bridgehead atoms. The number of hydrogen-bond acceptors (Lipinski definition) is 6. The minimum absolute atomic E-state index is 0.0325. The van der Waals surface area contributed by atoms with Crippen LogP contribution in [-0.2, 0) is 28.9 Å². The standard InChI is InChI=1S/C21H22O6S/c1-26-19(22)21(20(23)27-2)13-15-9-5-3-8-12-17(15)18(14-21)28(24,25)16-10-6-4-7-11-16/h4,6-12H,3,5,13-14H2,1-2H3. The van der Waals surface area contributed by atoms with Crippen molar-refractivity contribution in [1.82, 2.24) is 0 Å². The van der Waals surface area contributed by atoms with Gasteiger partial charge in [0.25, 0.3) is 0 Å². The summed E-state index contributed by atoms with van der Waals surface area (Å²) in [6.07, 6.45) is 6.73. The maximum atomic E-state index is 13.4. The van der Waals surface area contributed by atoms with Gasteiger partial charge in [-0.2, -0.15) is 0 Å². The number of sulfone groups is 1. The van der Waals surface area contributed by atoms with Crippen molar-refractivity contribution in [2.45, 2.75) is 30.6 Å². The zero-order valence-corrected chi connectivity index (χ0v) is 16.6. The van der Waals surface area contributed by atoms with Crippen LogP contribution in [0.4, 0.5) is 0 Å². The highest BCUT2D eigenvalue weighted by Crippen LogP contribution is 2.48. The van der Waals surface area contributed by atoms with Crippen LogP contribution in [0.5, 0.6) is 0 Å². The van der Waals surface area contributed by atoms with E-state index in [-0.39, 0.29) is 22.6 Å². The third-order valence-corrected chi connectivity index (χ3v) is 7.05. The molecule has 28 heavy (non-hydrogen) atoms. The van der Waals surface area contributed by atoms with E-state index in [1.807, 2.05) is 12.2 Å². The van der Waals surface area contributed by atoms with Gasteiger partial charge in [-0.3, -0.25) is 9.59 Å². The molecule has 7 heteroatoms. The highest BCUT2D eigenvalue weighted by Gasteiger charge is 2.54. The number of benzene rings is 1. The van der Waals surface area contributed by atoms with Gasteiger partial charge in [0.15, 0.2) is 5.41 Å². The summed E-state index contributed by atoms with van der Waals surface area (Å²) in [6.45, 7) is 0. The molecule has 0 radical (unpaired) electrons. The van der Waals surface area contributed by atoms with Crippen molar-refractivity contribution >= 4 is 21.8 Å². The summed E-state index contributed by atoms with van der Waals surface area (Å²) >= 11 is 0. The van der Waals surface area contributed by atoms with Crippen molar-refractivity contribution in [3.05, 3.63) is 64.6 Å². The van der Waals surface area contributed by atoms with Gasteiger partial charge in [-0.15, -0.1) is 0 Å². The normalized spacial score (nSPS) is 18.6. The first kappa shape index (κ1) is 20.1. The number of methoxy groups -OCH3 is 2. The number of esters is 2. The molecule has 0 fully saturated rings. The molecular formula is C21H22O6S. The molecule has 0 saturated carbocycles. The van der Waals surface area contributed by atoms with E-state index in [4.69, 9.17) is 9.47 Å². The van der Waals surface area contributed by atoms with Crippen LogP contribution in [0, 0.1) is 5.41 Å². The van der Waals surface area contributed by atoms with Crippen molar-refractivity contribution in [3.8, 4) is 0 Å². The highest BCUT2D eigenvalue weighted by atomic mass is 32.2. The van der Waals surface area contributed by atoms with Gasteiger partial charge in [-0.25, -0.2) is 8.42 Å². The Morgan fingerprint density at radius 1 is 0.964 bits per heavy atom. The van der Waals surface area contributed by atoms with Gasteiger partial charge in [0, 0.05) is 6.42 Å². The van der Waals surface area contributed by atoms with Crippen LogP contribution < -0.4 is 0 Å². The SMILES string of the molecule is COC(=O)C1(C(=O)OC)CC2=CCCC=CC2=C(S(=O)(=O)c2ccccc2)C1. The summed E-state index contributed by atoms with van der Waals surface area (Å²) in [5, 5.41) is 0. The molecule has 0 N–H and O–H groups in total. The van der Waals surface area contributed by atoms with Gasteiger partial charge in [0.1, 0.15) is 0 Å². The number of rotatable bonds is 4. The molecule has 0 saturated heterocycles. The van der Waals surface area contributed by atoms with E-state index in [0.717, 1.165) is 6.42 Å². The molecule has 0 amide bonds. The number of allylic oxidation sites excluding steroid dienone is 6. The van der Waals surface area contributed by atoms with Crippen LogP contribution in [0.1, 0.15) is 25.7 Å². The summed E-state index contributed by atoms with van der Waals surface area (Å²) in [5.74, 6) is -1.60. The molecule has 1 aromatic rings. The lowest BCUT2D eigenvalue weighted by Crippen LogP contribution is -2.44. The van der Waals surface area contributed by atoms with Crippen LogP contribution >= 0.6 is 0 Å². The van der Waals surface area contributed by atoms with E-state index in [1.165, 1.54) is 26.4 Å². The summed E-state index contributed by atoms with van der Waals surface area (Å²) < 4.78 is 36.7. The Balaban J connectivity index is 2.28. The lowest BCUT2D eigenvalue weighted by Gasteiger charge is -2.35. The van der Waals surface area contributed by atoms with Crippen molar-refractivity contribution in [2.75, 3.05) is 14.2 Å². The van der Waals surface area contributed by atoms with Crippen molar-refractivity contribution in [2.24, 2.45) is 5.41 Å². The fourth-order valence-electron chi connectivity index (χ4n) is 3.71. The van der Waals surface area contributed by atoms with Crippen LogP contribution in [0.3, 0.4) is 0 Å². The lowest BCUT2D eigenvalue weighted by molar-refractivity contribution is -0.169. The van der Waals surface area contributed by atoms with Gasteiger partial charge < -0.3 is 9.47 Å². The van der Waals surface area contributed by atoms with Crippen molar-refractivity contribution < 1.29 is 27.5 Å². The number of ether oxygens (including phenoxy) is 2. The number of fused-ring (bicyclic) bond motifs is 1. The monoisotopic (exact) mass is 402 g/mol. The molecule has 2 aliphatic rings. The maximum absolute atomic E-state index is 13.4. The van der Waals surface area contributed by atoms with E-state index >= 15 is 0 Å². The fraction of sp³-hybridized carbons (Fsp3) is 0.333. The molecule has 2 aliphatic carbocycles. The predicted octanol–water partition coefficient (Wildman–Crippen LogP) is 3.12. The van der Waals surface area contributed by atoms with Gasteiger partial charge >= 0.3 is 11.9 Å². The fourth-order valence-corrected chi connectivity index (χ4v) is 5.44. The Labute approximate surface area is 164 Å². The van der Waals surface area contributed by atoms with Gasteiger partial charge in [-0.1, -0.05) is 36.4 Å². The Morgan fingerprint density at radius 3 is 2.21 bits per heavy atom. The summed E-state index contributed by atoms with van der Waals surface area (Å²) in [5.41, 5.74) is -0.538. The Kier molecular flexibility index (Phi) is 5.56. The predicted molar refractivity (Wildman–Crippen MR) is 103 cm³/mol. The molecule has 0 aromatic heterocycles. The summed E-state index contributed by atoms with van der Waals surface area (Å²) in [6, 6.07) is 7.99. The van der Waals surface area contributed by atoms with Crippen LogP contribution in [-0.4, -0.2) is 34.6 Å². The van der Waals surface area contributed by atoms with Crippen LogP contribution in [0.15, 0.2) is 69.5 Å². The Morgan fingerprint density at radius 2 is 1.61 bits per heavy atom. The topological polar surface area (TPSA) is 86.7 Å². The van der Waals surface area contributed by atoms with Crippen molar-refractivity contribution in [1.29, 1.82) is 0 Å².